The number of carboxylic acids is 1. The fourth-order valence-electron chi connectivity index (χ4n) is 4.27. The number of rotatable bonds is 7. The zero-order valence-electron chi connectivity index (χ0n) is 17.1. The predicted molar refractivity (Wildman–Crippen MR) is 111 cm³/mol. The number of alkyl halides is 3. The van der Waals surface area contributed by atoms with Crippen molar-refractivity contribution in [1.82, 2.24) is 0 Å². The van der Waals surface area contributed by atoms with E-state index in [-0.39, 0.29) is 17.5 Å². The van der Waals surface area contributed by atoms with E-state index in [4.69, 9.17) is 4.74 Å². The topological polar surface area (TPSA) is 49.8 Å². The van der Waals surface area contributed by atoms with Crippen LogP contribution in [0.5, 0.6) is 0 Å². The molecule has 0 amide bonds. The molecule has 4 nitrogen and oxygen atoms in total. The second-order valence-electron chi connectivity index (χ2n) is 8.50. The molecule has 1 aliphatic carbocycles. The molecule has 31 heavy (non-hydrogen) atoms. The highest BCUT2D eigenvalue weighted by Gasteiger charge is 2.34. The lowest BCUT2D eigenvalue weighted by Gasteiger charge is -2.42. The molecule has 2 aromatic carbocycles. The van der Waals surface area contributed by atoms with E-state index in [1.807, 2.05) is 6.07 Å². The second-order valence-corrected chi connectivity index (χ2v) is 8.50. The minimum absolute atomic E-state index is 0.0174. The van der Waals surface area contributed by atoms with Gasteiger partial charge in [-0.05, 0) is 61.4 Å². The van der Waals surface area contributed by atoms with E-state index in [2.05, 4.69) is 4.90 Å². The Balaban J connectivity index is 1.56. The Morgan fingerprint density at radius 2 is 1.71 bits per heavy atom. The lowest BCUT2D eigenvalue weighted by atomic mass is 9.86. The first kappa shape index (κ1) is 21.7. The van der Waals surface area contributed by atoms with E-state index >= 15 is 0 Å². The maximum Gasteiger partial charge on any atom is 0.416 e. The molecule has 7 heteroatoms. The molecule has 1 N–H and O–H groups in total. The van der Waals surface area contributed by atoms with E-state index in [0.29, 0.717) is 24.8 Å². The lowest BCUT2D eigenvalue weighted by molar-refractivity contribution is -0.137. The molecule has 0 bridgehead atoms. The third-order valence-electron chi connectivity index (χ3n) is 6.22. The Bertz CT molecular complexity index is 909. The SMILES string of the molecule is O=C(O)c1ccccc1N1CC(c2ccc(C(F)(F)F)cc2)CC[C@H]1COCC1CC1. The van der Waals surface area contributed by atoms with Gasteiger partial charge in [-0.1, -0.05) is 24.3 Å². The van der Waals surface area contributed by atoms with Gasteiger partial charge >= 0.3 is 12.1 Å². The van der Waals surface area contributed by atoms with Crippen LogP contribution in [0.2, 0.25) is 0 Å². The highest BCUT2D eigenvalue weighted by Crippen LogP contribution is 2.37. The highest BCUT2D eigenvalue weighted by molar-refractivity contribution is 5.94. The molecule has 1 aliphatic heterocycles. The van der Waals surface area contributed by atoms with Crippen LogP contribution in [0.15, 0.2) is 48.5 Å². The number of carbonyl (C=O) groups is 1. The van der Waals surface area contributed by atoms with Gasteiger partial charge in [0.15, 0.2) is 0 Å². The third-order valence-corrected chi connectivity index (χ3v) is 6.22. The molecule has 1 saturated carbocycles. The summed E-state index contributed by atoms with van der Waals surface area (Å²) < 4.78 is 44.7. The fourth-order valence-corrected chi connectivity index (χ4v) is 4.27. The van der Waals surface area contributed by atoms with Crippen LogP contribution in [-0.4, -0.2) is 36.9 Å². The molecule has 1 heterocycles. The van der Waals surface area contributed by atoms with Gasteiger partial charge in [0.1, 0.15) is 0 Å². The maximum absolute atomic E-state index is 12.9. The van der Waals surface area contributed by atoms with Crippen LogP contribution in [0.25, 0.3) is 0 Å². The number of hydrogen-bond acceptors (Lipinski definition) is 3. The summed E-state index contributed by atoms with van der Waals surface area (Å²) in [5, 5.41) is 9.66. The summed E-state index contributed by atoms with van der Waals surface area (Å²) in [7, 11) is 0. The van der Waals surface area contributed by atoms with Gasteiger partial charge in [-0.3, -0.25) is 0 Å². The number of carboxylic acid groups (broad SMARTS) is 1. The Hall–Kier alpha value is -2.54. The summed E-state index contributed by atoms with van der Waals surface area (Å²) in [4.78, 5) is 13.9. The van der Waals surface area contributed by atoms with Crippen LogP contribution >= 0.6 is 0 Å². The normalized spacial score (nSPS) is 21.8. The molecule has 166 valence electrons. The number of hydrogen-bond donors (Lipinski definition) is 1. The second kappa shape index (κ2) is 8.91. The Labute approximate surface area is 179 Å². The quantitative estimate of drug-likeness (QED) is 0.619. The number of anilines is 1. The van der Waals surface area contributed by atoms with Gasteiger partial charge in [-0.15, -0.1) is 0 Å². The molecule has 2 atom stereocenters. The zero-order valence-corrected chi connectivity index (χ0v) is 17.1. The summed E-state index contributed by atoms with van der Waals surface area (Å²) in [6.45, 7) is 1.78. The van der Waals surface area contributed by atoms with Gasteiger partial charge in [0.2, 0.25) is 0 Å². The number of ether oxygens (including phenoxy) is 1. The lowest BCUT2D eigenvalue weighted by Crippen LogP contribution is -2.46. The van der Waals surface area contributed by atoms with E-state index in [9.17, 15) is 23.1 Å². The first-order valence-electron chi connectivity index (χ1n) is 10.7. The average Bonchev–Trinajstić information content (AvgIpc) is 3.58. The number of benzene rings is 2. The van der Waals surface area contributed by atoms with Gasteiger partial charge in [0, 0.05) is 19.1 Å². The molecule has 2 aromatic rings. The number of halogens is 3. The summed E-state index contributed by atoms with van der Waals surface area (Å²) in [6, 6.07) is 12.2. The van der Waals surface area contributed by atoms with Crippen LogP contribution in [0.3, 0.4) is 0 Å². The Kier molecular flexibility index (Phi) is 6.23. The van der Waals surface area contributed by atoms with Gasteiger partial charge < -0.3 is 14.7 Å². The maximum atomic E-state index is 12.9. The molecule has 0 aromatic heterocycles. The Morgan fingerprint density at radius 3 is 2.35 bits per heavy atom. The van der Waals surface area contributed by atoms with Crippen molar-refractivity contribution < 1.29 is 27.8 Å². The van der Waals surface area contributed by atoms with Crippen LogP contribution in [0, 0.1) is 5.92 Å². The van der Waals surface area contributed by atoms with E-state index in [1.54, 1.807) is 30.3 Å². The number of nitrogens with zero attached hydrogens (tertiary/aromatic N) is 1. The smallest absolute Gasteiger partial charge is 0.416 e. The molecular weight excluding hydrogens is 407 g/mol. The summed E-state index contributed by atoms with van der Waals surface area (Å²) in [5.74, 6) is -0.336. The van der Waals surface area contributed by atoms with Gasteiger partial charge in [0.05, 0.1) is 29.5 Å². The first-order chi connectivity index (χ1) is 14.8. The molecule has 2 fully saturated rings. The van der Waals surface area contributed by atoms with E-state index in [1.165, 1.54) is 12.8 Å². The minimum Gasteiger partial charge on any atom is -0.478 e. The zero-order chi connectivity index (χ0) is 22.0. The molecule has 1 saturated heterocycles. The average molecular weight is 433 g/mol. The highest BCUT2D eigenvalue weighted by atomic mass is 19.4. The summed E-state index contributed by atoms with van der Waals surface area (Å²) in [6.07, 6.45) is -0.362. The first-order valence-corrected chi connectivity index (χ1v) is 10.7. The third kappa shape index (κ3) is 5.21. The van der Waals surface area contributed by atoms with Crippen LogP contribution < -0.4 is 4.90 Å². The van der Waals surface area contributed by atoms with Crippen molar-refractivity contribution in [3.05, 3.63) is 65.2 Å². The van der Waals surface area contributed by atoms with Crippen molar-refractivity contribution in [2.75, 3.05) is 24.7 Å². The van der Waals surface area contributed by atoms with Gasteiger partial charge in [0.25, 0.3) is 0 Å². The number of piperidine rings is 1. The van der Waals surface area contributed by atoms with E-state index in [0.717, 1.165) is 37.1 Å². The molecule has 1 unspecified atom stereocenters. The largest absolute Gasteiger partial charge is 0.478 e. The van der Waals surface area contributed by atoms with Crippen LogP contribution in [0.1, 0.15) is 53.1 Å². The summed E-state index contributed by atoms with van der Waals surface area (Å²) in [5.41, 5.74) is 1.03. The molecule has 0 spiro atoms. The van der Waals surface area contributed by atoms with Crippen molar-refractivity contribution in [2.24, 2.45) is 5.92 Å². The Morgan fingerprint density at radius 1 is 1.00 bits per heavy atom. The monoisotopic (exact) mass is 433 g/mol. The van der Waals surface area contributed by atoms with Gasteiger partial charge in [-0.25, -0.2) is 4.79 Å². The van der Waals surface area contributed by atoms with Crippen LogP contribution in [-0.2, 0) is 10.9 Å². The number of aromatic carboxylic acids is 1. The van der Waals surface area contributed by atoms with Crippen molar-refractivity contribution in [3.63, 3.8) is 0 Å². The fraction of sp³-hybridized carbons (Fsp3) is 0.458. The van der Waals surface area contributed by atoms with Crippen molar-refractivity contribution >= 4 is 11.7 Å². The minimum atomic E-state index is -4.36. The predicted octanol–water partition coefficient (Wildman–Crippen LogP) is 5.58. The van der Waals surface area contributed by atoms with Crippen LogP contribution in [0.4, 0.5) is 18.9 Å². The molecule has 0 radical (unpaired) electrons. The van der Waals surface area contributed by atoms with Crippen molar-refractivity contribution in [3.8, 4) is 0 Å². The molecule has 4 rings (SSSR count). The molecular formula is C24H26F3NO3. The van der Waals surface area contributed by atoms with E-state index < -0.39 is 17.7 Å². The van der Waals surface area contributed by atoms with Crippen molar-refractivity contribution in [2.45, 2.75) is 43.8 Å². The number of para-hydroxylation sites is 1. The van der Waals surface area contributed by atoms with Gasteiger partial charge in [-0.2, -0.15) is 13.2 Å². The van der Waals surface area contributed by atoms with Crippen molar-refractivity contribution in [1.29, 1.82) is 0 Å². The molecule has 2 aliphatic rings. The summed E-state index contributed by atoms with van der Waals surface area (Å²) >= 11 is 0. The standard InChI is InChI=1S/C24H26F3NO3/c25-24(26,27)19-10-7-17(8-11-19)18-9-12-20(15-31-14-16-5-6-16)28(13-18)22-4-2-1-3-21(22)23(29)30/h1-4,7-8,10-11,16,18,20H,5-6,9,12-15H2,(H,29,30)/t18?,20-/m0/s1.